The monoisotopic (exact) mass is 311 g/mol. The fourth-order valence-electron chi connectivity index (χ4n) is 2.56. The molecule has 0 aliphatic heterocycles. The SMILES string of the molecule is Cn1cc(C(=O)NCCc2nc(N)cc(=O)[nH]2)c2ccccc21. The van der Waals surface area contributed by atoms with E-state index >= 15 is 0 Å². The average molecular weight is 311 g/mol. The molecule has 0 saturated carbocycles. The van der Waals surface area contributed by atoms with E-state index in [1.54, 1.807) is 6.20 Å². The first kappa shape index (κ1) is 14.8. The Balaban J connectivity index is 1.70. The number of H-pyrrole nitrogens is 1. The predicted octanol–water partition coefficient (Wildman–Crippen LogP) is 0.816. The summed E-state index contributed by atoms with van der Waals surface area (Å²) in [6.07, 6.45) is 2.21. The number of hydrogen-bond acceptors (Lipinski definition) is 4. The second-order valence-corrected chi connectivity index (χ2v) is 5.29. The van der Waals surface area contributed by atoms with Gasteiger partial charge in [0.25, 0.3) is 11.5 Å². The van der Waals surface area contributed by atoms with Crippen LogP contribution in [0, 0.1) is 0 Å². The summed E-state index contributed by atoms with van der Waals surface area (Å²) in [6, 6.07) is 8.94. The standard InChI is InChI=1S/C16H17N5O2/c1-21-9-11(10-4-2-3-5-12(10)21)16(23)18-7-6-14-19-13(17)8-15(22)20-14/h2-5,8-9H,6-7H2,1H3,(H,18,23)(H3,17,19,20,22). The highest BCUT2D eigenvalue weighted by molar-refractivity contribution is 6.06. The fraction of sp³-hybridized carbons (Fsp3) is 0.188. The summed E-state index contributed by atoms with van der Waals surface area (Å²) < 4.78 is 1.92. The maximum atomic E-state index is 12.4. The molecule has 23 heavy (non-hydrogen) atoms. The summed E-state index contributed by atoms with van der Waals surface area (Å²) >= 11 is 0. The van der Waals surface area contributed by atoms with Crippen molar-refractivity contribution in [2.45, 2.75) is 6.42 Å². The molecule has 0 unspecified atom stereocenters. The van der Waals surface area contributed by atoms with Crippen LogP contribution in [-0.2, 0) is 13.5 Å². The second-order valence-electron chi connectivity index (χ2n) is 5.29. The lowest BCUT2D eigenvalue weighted by Crippen LogP contribution is -2.26. The minimum Gasteiger partial charge on any atom is -0.383 e. The molecule has 0 bridgehead atoms. The molecular weight excluding hydrogens is 294 g/mol. The Hall–Kier alpha value is -3.09. The van der Waals surface area contributed by atoms with Crippen molar-refractivity contribution in [2.75, 3.05) is 12.3 Å². The third-order valence-electron chi connectivity index (χ3n) is 3.60. The number of aromatic amines is 1. The van der Waals surface area contributed by atoms with E-state index in [1.165, 1.54) is 6.07 Å². The number of aromatic nitrogens is 3. The third-order valence-corrected chi connectivity index (χ3v) is 3.60. The van der Waals surface area contributed by atoms with Gasteiger partial charge in [0.1, 0.15) is 11.6 Å². The Bertz CT molecular complexity index is 926. The Kier molecular flexibility index (Phi) is 3.84. The zero-order chi connectivity index (χ0) is 16.4. The number of nitrogens with one attached hydrogen (secondary N) is 2. The topological polar surface area (TPSA) is 106 Å². The van der Waals surface area contributed by atoms with Crippen molar-refractivity contribution in [3.8, 4) is 0 Å². The van der Waals surface area contributed by atoms with Crippen molar-refractivity contribution in [2.24, 2.45) is 7.05 Å². The van der Waals surface area contributed by atoms with Crippen molar-refractivity contribution in [3.63, 3.8) is 0 Å². The zero-order valence-corrected chi connectivity index (χ0v) is 12.7. The molecule has 0 spiro atoms. The molecule has 2 aromatic heterocycles. The van der Waals surface area contributed by atoms with Gasteiger partial charge in [0.05, 0.1) is 5.56 Å². The van der Waals surface area contributed by atoms with Crippen LogP contribution in [0.2, 0.25) is 0 Å². The van der Waals surface area contributed by atoms with E-state index in [0.717, 1.165) is 10.9 Å². The Labute approximate surface area is 132 Å². The number of amides is 1. The van der Waals surface area contributed by atoms with E-state index < -0.39 is 0 Å². The molecule has 0 atom stereocenters. The van der Waals surface area contributed by atoms with Gasteiger partial charge in [-0.15, -0.1) is 0 Å². The van der Waals surface area contributed by atoms with Gasteiger partial charge in [-0.1, -0.05) is 18.2 Å². The van der Waals surface area contributed by atoms with E-state index in [2.05, 4.69) is 15.3 Å². The number of aryl methyl sites for hydroxylation is 1. The molecule has 3 aromatic rings. The van der Waals surface area contributed by atoms with Crippen molar-refractivity contribution in [1.29, 1.82) is 0 Å². The maximum absolute atomic E-state index is 12.4. The molecule has 1 amide bonds. The van der Waals surface area contributed by atoms with Gasteiger partial charge in [0, 0.05) is 43.2 Å². The van der Waals surface area contributed by atoms with E-state index in [1.807, 2.05) is 35.9 Å². The van der Waals surface area contributed by atoms with Gasteiger partial charge >= 0.3 is 0 Å². The summed E-state index contributed by atoms with van der Waals surface area (Å²) in [6.45, 7) is 0.356. The molecule has 4 N–H and O–H groups in total. The maximum Gasteiger partial charge on any atom is 0.253 e. The molecule has 118 valence electrons. The normalized spacial score (nSPS) is 10.8. The molecule has 0 aliphatic rings. The highest BCUT2D eigenvalue weighted by Gasteiger charge is 2.13. The number of carbonyl (C=O) groups excluding carboxylic acids is 1. The summed E-state index contributed by atoms with van der Waals surface area (Å²) in [4.78, 5) is 30.3. The van der Waals surface area contributed by atoms with Crippen LogP contribution < -0.4 is 16.6 Å². The molecule has 0 radical (unpaired) electrons. The summed E-state index contributed by atoms with van der Waals surface area (Å²) in [7, 11) is 1.90. The van der Waals surface area contributed by atoms with Crippen molar-refractivity contribution >= 4 is 22.6 Å². The largest absolute Gasteiger partial charge is 0.383 e. The van der Waals surface area contributed by atoms with Crippen molar-refractivity contribution < 1.29 is 4.79 Å². The van der Waals surface area contributed by atoms with Crippen LogP contribution in [-0.4, -0.2) is 27.0 Å². The fourth-order valence-corrected chi connectivity index (χ4v) is 2.56. The van der Waals surface area contributed by atoms with Crippen LogP contribution in [0.3, 0.4) is 0 Å². The Morgan fingerprint density at radius 3 is 2.96 bits per heavy atom. The number of nitrogens with zero attached hydrogens (tertiary/aromatic N) is 2. The van der Waals surface area contributed by atoms with Gasteiger partial charge in [0.2, 0.25) is 0 Å². The van der Waals surface area contributed by atoms with Gasteiger partial charge in [-0.05, 0) is 6.07 Å². The number of rotatable bonds is 4. The molecule has 7 heteroatoms. The number of carbonyl (C=O) groups is 1. The van der Waals surface area contributed by atoms with E-state index in [0.29, 0.717) is 24.4 Å². The highest BCUT2D eigenvalue weighted by atomic mass is 16.1. The number of hydrogen-bond donors (Lipinski definition) is 3. The first-order chi connectivity index (χ1) is 11.0. The van der Waals surface area contributed by atoms with Gasteiger partial charge < -0.3 is 20.6 Å². The van der Waals surface area contributed by atoms with Gasteiger partial charge in [-0.25, -0.2) is 4.98 Å². The molecule has 0 saturated heterocycles. The first-order valence-corrected chi connectivity index (χ1v) is 7.22. The minimum atomic E-state index is -0.298. The molecular formula is C16H17N5O2. The van der Waals surface area contributed by atoms with Gasteiger partial charge in [0.15, 0.2) is 0 Å². The number of nitrogen functional groups attached to an aromatic ring is 1. The quantitative estimate of drug-likeness (QED) is 0.663. The lowest BCUT2D eigenvalue weighted by atomic mass is 10.1. The van der Waals surface area contributed by atoms with E-state index in [9.17, 15) is 9.59 Å². The van der Waals surface area contributed by atoms with Crippen LogP contribution in [0.5, 0.6) is 0 Å². The predicted molar refractivity (Wildman–Crippen MR) is 88.2 cm³/mol. The van der Waals surface area contributed by atoms with Crippen LogP contribution in [0.25, 0.3) is 10.9 Å². The van der Waals surface area contributed by atoms with Crippen LogP contribution >= 0.6 is 0 Å². The van der Waals surface area contributed by atoms with Crippen LogP contribution in [0.4, 0.5) is 5.82 Å². The lowest BCUT2D eigenvalue weighted by Gasteiger charge is -2.04. The molecule has 3 rings (SSSR count). The van der Waals surface area contributed by atoms with Crippen molar-refractivity contribution in [3.05, 3.63) is 58.3 Å². The zero-order valence-electron chi connectivity index (χ0n) is 12.7. The molecule has 0 aliphatic carbocycles. The number of fused-ring (bicyclic) bond motifs is 1. The average Bonchev–Trinajstić information content (AvgIpc) is 2.84. The van der Waals surface area contributed by atoms with Crippen LogP contribution in [0.15, 0.2) is 41.3 Å². The van der Waals surface area contributed by atoms with Crippen LogP contribution in [0.1, 0.15) is 16.2 Å². The Morgan fingerprint density at radius 2 is 2.17 bits per heavy atom. The lowest BCUT2D eigenvalue weighted by molar-refractivity contribution is 0.0955. The van der Waals surface area contributed by atoms with Crippen molar-refractivity contribution in [1.82, 2.24) is 19.9 Å². The Morgan fingerprint density at radius 1 is 1.39 bits per heavy atom. The van der Waals surface area contributed by atoms with Gasteiger partial charge in [-0.2, -0.15) is 0 Å². The number of para-hydroxylation sites is 1. The van der Waals surface area contributed by atoms with E-state index in [-0.39, 0.29) is 17.3 Å². The second kappa shape index (κ2) is 5.96. The molecule has 7 nitrogen and oxygen atoms in total. The third kappa shape index (κ3) is 3.08. The number of benzene rings is 1. The first-order valence-electron chi connectivity index (χ1n) is 7.22. The molecule has 1 aromatic carbocycles. The smallest absolute Gasteiger partial charge is 0.253 e. The number of anilines is 1. The van der Waals surface area contributed by atoms with Gasteiger partial charge in [-0.3, -0.25) is 9.59 Å². The molecule has 0 fully saturated rings. The summed E-state index contributed by atoms with van der Waals surface area (Å²) in [5.74, 6) is 0.463. The summed E-state index contributed by atoms with van der Waals surface area (Å²) in [5, 5.41) is 3.74. The summed E-state index contributed by atoms with van der Waals surface area (Å²) in [5.41, 5.74) is 6.85. The number of nitrogens with two attached hydrogens (primary N) is 1. The minimum absolute atomic E-state index is 0.159. The molecule has 2 heterocycles. The van der Waals surface area contributed by atoms with E-state index in [4.69, 9.17) is 5.73 Å². The highest BCUT2D eigenvalue weighted by Crippen LogP contribution is 2.19.